The highest BCUT2D eigenvalue weighted by Crippen LogP contribution is 2.40. The van der Waals surface area contributed by atoms with Gasteiger partial charge in [-0.2, -0.15) is 0 Å². The van der Waals surface area contributed by atoms with Crippen molar-refractivity contribution in [3.8, 4) is 11.5 Å². The van der Waals surface area contributed by atoms with Gasteiger partial charge >= 0.3 is 0 Å². The lowest BCUT2D eigenvalue weighted by Crippen LogP contribution is -2.47. The van der Waals surface area contributed by atoms with Crippen LogP contribution in [0.4, 0.5) is 17.1 Å². The van der Waals surface area contributed by atoms with Crippen LogP contribution in [0.5, 0.6) is 11.5 Å². The van der Waals surface area contributed by atoms with Gasteiger partial charge in [-0.15, -0.1) is 24.8 Å². The average Bonchev–Trinajstić information content (AvgIpc) is 3.10. The van der Waals surface area contributed by atoms with Crippen LogP contribution in [0, 0.1) is 5.41 Å². The molecule has 0 radical (unpaired) electrons. The Morgan fingerprint density at radius 3 is 2.40 bits per heavy atom. The molecule has 3 aromatic rings. The first kappa shape index (κ1) is 37.6. The first-order valence-corrected chi connectivity index (χ1v) is 15.6. The lowest BCUT2D eigenvalue weighted by Gasteiger charge is -2.30. The second-order valence-corrected chi connectivity index (χ2v) is 12.0. The van der Waals surface area contributed by atoms with Gasteiger partial charge in [-0.1, -0.05) is 12.1 Å². The molecule has 2 aliphatic rings. The molecule has 0 unspecified atom stereocenters. The molecule has 5 rings (SSSR count). The number of nitrogens with one attached hydrogen (secondary N) is 1. The highest BCUT2D eigenvalue weighted by Gasteiger charge is 2.45. The number of carbonyl (C=O) groups is 3. The number of carbonyl (C=O) groups excluding carboxylic acids is 3. The van der Waals surface area contributed by atoms with Crippen LogP contribution in [0.2, 0.25) is 0 Å². The Labute approximate surface area is 289 Å². The third-order valence-corrected chi connectivity index (χ3v) is 8.67. The molecule has 0 aliphatic carbocycles. The van der Waals surface area contributed by atoms with Gasteiger partial charge in [0.05, 0.1) is 30.8 Å². The number of halogens is 2. The summed E-state index contributed by atoms with van der Waals surface area (Å²) in [5.74, 6) is 1.07. The zero-order valence-electron chi connectivity index (χ0n) is 27.7. The molecular formula is C35H45Cl2N5O5. The number of aromatic nitrogens is 1. The summed E-state index contributed by atoms with van der Waals surface area (Å²) in [6.45, 7) is 8.17. The van der Waals surface area contributed by atoms with Gasteiger partial charge in [-0.3, -0.25) is 19.4 Å². The second kappa shape index (κ2) is 16.3. The minimum atomic E-state index is -1.14. The van der Waals surface area contributed by atoms with Crippen LogP contribution in [-0.4, -0.2) is 63.1 Å². The third-order valence-electron chi connectivity index (χ3n) is 8.67. The summed E-state index contributed by atoms with van der Waals surface area (Å²) >= 11 is 0. The number of benzene rings is 2. The smallest absolute Gasteiger partial charge is 0.242 e. The summed E-state index contributed by atoms with van der Waals surface area (Å²) in [5.41, 5.74) is 4.38. The predicted octanol–water partition coefficient (Wildman–Crippen LogP) is 5.37. The zero-order chi connectivity index (χ0) is 32.1. The Hall–Kier alpha value is -3.86. The Morgan fingerprint density at radius 1 is 0.915 bits per heavy atom. The SMILES string of the molecule is CCN1C(=O)C(C)(C)C(=O)N(C)c2cc(OCCCNCc3cccnc3CCN3C(=O)CCc4ccc(OC)cc43)ccc21.Cl.Cl. The molecule has 0 bridgehead atoms. The lowest BCUT2D eigenvalue weighted by atomic mass is 9.90. The molecule has 3 amide bonds. The van der Waals surface area contributed by atoms with E-state index in [1.807, 2.05) is 54.3 Å². The number of pyridine rings is 1. The summed E-state index contributed by atoms with van der Waals surface area (Å²) in [5, 5.41) is 3.49. The standard InChI is InChI=1S/C35H43N5O5.2ClH/c1-6-39-29-14-13-27(22-31(29)38(4)33(42)35(2,3)34(39)43)45-20-8-17-36-23-25-9-7-18-37-28(25)16-19-40-30-21-26(44-5)12-10-24(30)11-15-32(40)41;;/h7,9-10,12-14,18,21-22,36H,6,8,11,15-17,19-20,23H2,1-5H3;2*1H. The van der Waals surface area contributed by atoms with E-state index in [9.17, 15) is 14.4 Å². The Balaban J connectivity index is 0.00000300. The molecule has 2 aromatic carbocycles. The quantitative estimate of drug-likeness (QED) is 0.202. The van der Waals surface area contributed by atoms with Crippen molar-refractivity contribution in [1.29, 1.82) is 0 Å². The molecule has 1 aromatic heterocycles. The zero-order valence-corrected chi connectivity index (χ0v) is 29.3. The molecule has 3 heterocycles. The van der Waals surface area contributed by atoms with Crippen molar-refractivity contribution in [2.75, 3.05) is 55.1 Å². The fourth-order valence-corrected chi connectivity index (χ4v) is 6.05. The molecule has 1 N–H and O–H groups in total. The summed E-state index contributed by atoms with van der Waals surface area (Å²) < 4.78 is 11.4. The van der Waals surface area contributed by atoms with E-state index in [4.69, 9.17) is 9.47 Å². The largest absolute Gasteiger partial charge is 0.497 e. The monoisotopic (exact) mass is 685 g/mol. The van der Waals surface area contributed by atoms with Gasteiger partial charge in [0, 0.05) is 63.5 Å². The van der Waals surface area contributed by atoms with Crippen LogP contribution in [-0.2, 0) is 33.8 Å². The van der Waals surface area contributed by atoms with Gasteiger partial charge in [-0.25, -0.2) is 0 Å². The molecule has 12 heteroatoms. The number of fused-ring (bicyclic) bond motifs is 2. The van der Waals surface area contributed by atoms with Gasteiger partial charge in [-0.05, 0) is 75.5 Å². The molecule has 0 spiro atoms. The minimum absolute atomic E-state index is 0. The van der Waals surface area contributed by atoms with E-state index < -0.39 is 5.41 Å². The first-order valence-electron chi connectivity index (χ1n) is 15.6. The highest BCUT2D eigenvalue weighted by molar-refractivity contribution is 6.20. The molecule has 47 heavy (non-hydrogen) atoms. The predicted molar refractivity (Wildman–Crippen MR) is 190 cm³/mol. The molecular weight excluding hydrogens is 641 g/mol. The fraction of sp³-hybridized carbons (Fsp3) is 0.429. The number of nitrogens with zero attached hydrogens (tertiary/aromatic N) is 4. The average molecular weight is 687 g/mol. The van der Waals surface area contributed by atoms with Gasteiger partial charge < -0.3 is 29.5 Å². The topological polar surface area (TPSA) is 104 Å². The Bertz CT molecular complexity index is 1580. The lowest BCUT2D eigenvalue weighted by molar-refractivity contribution is -0.137. The maximum absolute atomic E-state index is 13.1. The van der Waals surface area contributed by atoms with Crippen molar-refractivity contribution in [3.63, 3.8) is 0 Å². The second-order valence-electron chi connectivity index (χ2n) is 12.0. The highest BCUT2D eigenvalue weighted by atomic mass is 35.5. The van der Waals surface area contributed by atoms with Crippen LogP contribution >= 0.6 is 24.8 Å². The van der Waals surface area contributed by atoms with Gasteiger partial charge in [0.15, 0.2) is 0 Å². The number of anilines is 3. The molecule has 254 valence electrons. The maximum Gasteiger partial charge on any atom is 0.242 e. The van der Waals surface area contributed by atoms with E-state index in [1.165, 1.54) is 0 Å². The number of rotatable bonds is 12. The van der Waals surface area contributed by atoms with Crippen LogP contribution in [0.1, 0.15) is 50.4 Å². The van der Waals surface area contributed by atoms with Gasteiger partial charge in [0.1, 0.15) is 16.9 Å². The van der Waals surface area contributed by atoms with Gasteiger partial charge in [0.2, 0.25) is 17.7 Å². The summed E-state index contributed by atoms with van der Waals surface area (Å²) in [6, 6.07) is 15.5. The third kappa shape index (κ3) is 8.00. The molecule has 0 atom stereocenters. The number of hydrogen-bond acceptors (Lipinski definition) is 7. The first-order chi connectivity index (χ1) is 21.6. The summed E-state index contributed by atoms with van der Waals surface area (Å²) in [4.78, 5) is 48.7. The number of aryl methyl sites for hydroxylation is 1. The number of hydrogen-bond donors (Lipinski definition) is 1. The van der Waals surface area contributed by atoms with Crippen molar-refractivity contribution in [2.45, 2.75) is 53.0 Å². The van der Waals surface area contributed by atoms with Crippen LogP contribution in [0.25, 0.3) is 0 Å². The van der Waals surface area contributed by atoms with E-state index in [2.05, 4.69) is 16.4 Å². The Morgan fingerprint density at radius 2 is 1.66 bits per heavy atom. The molecule has 2 aliphatic heterocycles. The fourth-order valence-electron chi connectivity index (χ4n) is 6.05. The van der Waals surface area contributed by atoms with E-state index in [1.54, 1.807) is 44.0 Å². The van der Waals surface area contributed by atoms with Crippen molar-refractivity contribution >= 4 is 59.6 Å². The maximum atomic E-state index is 13.1. The molecule has 10 nitrogen and oxygen atoms in total. The number of methoxy groups -OCH3 is 1. The van der Waals surface area contributed by atoms with Crippen LogP contribution < -0.4 is 29.5 Å². The van der Waals surface area contributed by atoms with Crippen LogP contribution in [0.15, 0.2) is 54.7 Å². The summed E-state index contributed by atoms with van der Waals surface area (Å²) in [7, 11) is 3.34. The van der Waals surface area contributed by atoms with Crippen molar-refractivity contribution < 1.29 is 23.9 Å². The van der Waals surface area contributed by atoms with E-state index in [0.717, 1.165) is 47.6 Å². The van der Waals surface area contributed by atoms with Gasteiger partial charge in [0.25, 0.3) is 0 Å². The van der Waals surface area contributed by atoms with Crippen molar-refractivity contribution in [2.24, 2.45) is 5.41 Å². The number of ether oxygens (including phenoxy) is 2. The summed E-state index contributed by atoms with van der Waals surface area (Å²) in [6.07, 6.45) is 4.47. The van der Waals surface area contributed by atoms with Crippen LogP contribution in [0.3, 0.4) is 0 Å². The molecule has 0 fully saturated rings. The van der Waals surface area contributed by atoms with E-state index in [-0.39, 0.29) is 42.5 Å². The van der Waals surface area contributed by atoms with E-state index >= 15 is 0 Å². The number of amides is 3. The minimum Gasteiger partial charge on any atom is -0.497 e. The normalized spacial score (nSPS) is 15.3. The van der Waals surface area contributed by atoms with Crippen molar-refractivity contribution in [1.82, 2.24) is 10.3 Å². The van der Waals surface area contributed by atoms with Crippen molar-refractivity contribution in [3.05, 3.63) is 71.5 Å². The Kier molecular flexibility index (Phi) is 13.0. The molecule has 0 saturated carbocycles. The molecule has 0 saturated heterocycles. The van der Waals surface area contributed by atoms with E-state index in [0.29, 0.717) is 56.2 Å².